The van der Waals surface area contributed by atoms with E-state index in [-0.39, 0.29) is 49.6 Å². The Morgan fingerprint density at radius 1 is 0.731 bits per heavy atom. The van der Waals surface area contributed by atoms with Gasteiger partial charge in [-0.05, 0) is 36.4 Å². The molecule has 1 N–H and O–H groups in total. The lowest BCUT2D eigenvalue weighted by Gasteiger charge is -2.25. The lowest BCUT2D eigenvalue weighted by atomic mass is 10.1. The highest BCUT2D eigenvalue weighted by atomic mass is 32.1. The Labute approximate surface area is 294 Å². The molecule has 0 aliphatic carbocycles. The second-order valence-corrected chi connectivity index (χ2v) is 11.3. The normalized spacial score (nSPS) is 18.0. The summed E-state index contributed by atoms with van der Waals surface area (Å²) >= 11 is 5.27. The number of esters is 3. The highest BCUT2D eigenvalue weighted by Gasteiger charge is 2.52. The summed E-state index contributed by atoms with van der Waals surface area (Å²) in [6, 6.07) is 13.5. The molecule has 0 radical (unpaired) electrons. The number of rotatable bonds is 11. The zero-order chi connectivity index (χ0) is 37.1. The van der Waals surface area contributed by atoms with E-state index in [1.54, 1.807) is 0 Å². The van der Waals surface area contributed by atoms with Crippen LogP contribution >= 0.6 is 12.2 Å². The Kier molecular flexibility index (Phi) is 9.69. The van der Waals surface area contributed by atoms with E-state index in [2.05, 4.69) is 15.0 Å². The van der Waals surface area contributed by atoms with Crippen LogP contribution in [0.25, 0.3) is 11.2 Å². The van der Waals surface area contributed by atoms with Crippen LogP contribution in [0.3, 0.4) is 0 Å². The van der Waals surface area contributed by atoms with Gasteiger partial charge >= 0.3 is 17.9 Å². The van der Waals surface area contributed by atoms with E-state index in [9.17, 15) is 44.7 Å². The van der Waals surface area contributed by atoms with Gasteiger partial charge in [0, 0.05) is 36.4 Å². The second kappa shape index (κ2) is 14.5. The molecule has 0 amide bonds. The highest BCUT2D eigenvalue weighted by Crippen LogP contribution is 2.37. The SMILES string of the molecule is O=C(OC[C@@H]1O[C@H](n2cnc3c(=S)nc[nH]c32)[C@@H](OC(=O)c2ccc([N+](=O)[O-])cc2)[C@@H]1OC(=O)c1ccc([N+](=O)[O-])cc1)c1ccc([N+](=O)[O-])cc1. The quantitative estimate of drug-likeness (QED) is 0.0647. The number of nitro groups is 3. The van der Waals surface area contributed by atoms with Crippen LogP contribution in [0.15, 0.2) is 85.5 Å². The topological polar surface area (TPSA) is 264 Å². The van der Waals surface area contributed by atoms with E-state index in [4.69, 9.17) is 31.2 Å². The molecule has 52 heavy (non-hydrogen) atoms. The lowest BCUT2D eigenvalue weighted by Crippen LogP contribution is -2.41. The first-order valence-corrected chi connectivity index (χ1v) is 15.2. The number of nitrogens with one attached hydrogen (secondary N) is 1. The van der Waals surface area contributed by atoms with Crippen molar-refractivity contribution in [2.24, 2.45) is 0 Å². The van der Waals surface area contributed by atoms with Crippen molar-refractivity contribution in [1.82, 2.24) is 19.5 Å². The number of carbonyl (C=O) groups is 3. The Balaban J connectivity index is 1.36. The number of benzene rings is 3. The fourth-order valence-electron chi connectivity index (χ4n) is 5.18. The summed E-state index contributed by atoms with van der Waals surface area (Å²) in [5.74, 6) is -2.95. The van der Waals surface area contributed by atoms with Crippen molar-refractivity contribution in [2.45, 2.75) is 24.5 Å². The molecule has 1 aliphatic heterocycles. The Morgan fingerprint density at radius 2 is 1.19 bits per heavy atom. The molecule has 0 spiro atoms. The smallest absolute Gasteiger partial charge is 0.338 e. The van der Waals surface area contributed by atoms with Crippen molar-refractivity contribution in [2.75, 3.05) is 6.61 Å². The number of ether oxygens (including phenoxy) is 4. The molecule has 6 rings (SSSR count). The molecule has 20 nitrogen and oxygen atoms in total. The molecule has 5 aromatic rings. The Hall–Kier alpha value is -7.00. The number of fused-ring (bicyclic) bond motifs is 1. The molecule has 4 atom stereocenters. The van der Waals surface area contributed by atoms with Crippen molar-refractivity contribution in [3.63, 3.8) is 0 Å². The maximum atomic E-state index is 13.5. The molecule has 1 aliphatic rings. The van der Waals surface area contributed by atoms with Crippen LogP contribution in [0.1, 0.15) is 37.3 Å². The molecule has 3 heterocycles. The summed E-state index contributed by atoms with van der Waals surface area (Å²) < 4.78 is 24.9. The van der Waals surface area contributed by atoms with E-state index in [0.29, 0.717) is 0 Å². The molecule has 1 fully saturated rings. The summed E-state index contributed by atoms with van der Waals surface area (Å²) in [5.41, 5.74) is -0.670. The van der Waals surface area contributed by atoms with E-state index >= 15 is 0 Å². The predicted octanol–water partition coefficient (Wildman–Crippen LogP) is 4.42. The molecule has 21 heteroatoms. The zero-order valence-electron chi connectivity index (χ0n) is 26.0. The first-order chi connectivity index (χ1) is 24.9. The van der Waals surface area contributed by atoms with Gasteiger partial charge < -0.3 is 23.9 Å². The lowest BCUT2D eigenvalue weighted by molar-refractivity contribution is -0.385. The van der Waals surface area contributed by atoms with Crippen LogP contribution in [0.2, 0.25) is 0 Å². The van der Waals surface area contributed by atoms with Gasteiger partial charge in [0.15, 0.2) is 23.1 Å². The predicted molar refractivity (Wildman–Crippen MR) is 175 cm³/mol. The van der Waals surface area contributed by atoms with Gasteiger partial charge in [0.25, 0.3) is 17.1 Å². The maximum absolute atomic E-state index is 13.5. The van der Waals surface area contributed by atoms with Gasteiger partial charge in [0.1, 0.15) is 23.9 Å². The van der Waals surface area contributed by atoms with Crippen molar-refractivity contribution in [1.29, 1.82) is 0 Å². The van der Waals surface area contributed by atoms with Crippen molar-refractivity contribution in [3.8, 4) is 0 Å². The number of aromatic nitrogens is 4. The summed E-state index contributed by atoms with van der Waals surface area (Å²) in [6.07, 6.45) is -3.20. The average molecular weight is 732 g/mol. The molecule has 0 bridgehead atoms. The number of hydrogen-bond donors (Lipinski definition) is 1. The first-order valence-electron chi connectivity index (χ1n) is 14.8. The zero-order valence-corrected chi connectivity index (χ0v) is 26.8. The molecule has 264 valence electrons. The van der Waals surface area contributed by atoms with E-state index < -0.39 is 63.8 Å². The van der Waals surface area contributed by atoms with E-state index in [1.807, 2.05) is 0 Å². The van der Waals surface area contributed by atoms with Gasteiger partial charge in [-0.15, -0.1) is 0 Å². The first kappa shape index (κ1) is 34.8. The summed E-state index contributed by atoms with van der Waals surface area (Å²) in [5, 5.41) is 33.4. The number of imidazole rings is 1. The van der Waals surface area contributed by atoms with Gasteiger partial charge in [-0.1, -0.05) is 12.2 Å². The van der Waals surface area contributed by atoms with Crippen LogP contribution in [-0.2, 0) is 18.9 Å². The van der Waals surface area contributed by atoms with Gasteiger partial charge in [-0.3, -0.25) is 34.9 Å². The van der Waals surface area contributed by atoms with Crippen LogP contribution in [0, 0.1) is 35.0 Å². The van der Waals surface area contributed by atoms with Gasteiger partial charge in [-0.2, -0.15) is 0 Å². The largest absolute Gasteiger partial charge is 0.459 e. The monoisotopic (exact) mass is 731 g/mol. The summed E-state index contributed by atoms with van der Waals surface area (Å²) in [4.78, 5) is 82.5. The standard InChI is InChI=1S/C31H21N7O13S/c39-29(16-1-7-19(8-2-16)36(42)43)48-13-22-24(50-30(40)17-3-9-20(10-4-17)37(44)45)25(51-31(41)18-5-11-21(12-6-18)38(46)47)28(49-22)35-15-34-23-26(35)32-14-33-27(23)52/h1-12,14-15,22,24-25,28H,13H2,(H,32,33,52)/t22-,24+,25-,28-/m0/s1. The third-order valence-corrected chi connectivity index (χ3v) is 8.04. The third-order valence-electron chi connectivity index (χ3n) is 7.75. The molecule has 0 unspecified atom stereocenters. The summed E-state index contributed by atoms with van der Waals surface area (Å²) in [7, 11) is 0. The molecule has 0 saturated carbocycles. The molecule has 1 saturated heterocycles. The summed E-state index contributed by atoms with van der Waals surface area (Å²) in [6.45, 7) is -0.611. The fourth-order valence-corrected chi connectivity index (χ4v) is 5.38. The highest BCUT2D eigenvalue weighted by molar-refractivity contribution is 7.71. The number of carbonyl (C=O) groups excluding carboxylic acids is 3. The molecular formula is C31H21N7O13S. The van der Waals surface area contributed by atoms with E-state index in [1.165, 1.54) is 29.4 Å². The number of hydrogen-bond acceptors (Lipinski definition) is 16. The number of nitro benzene ring substituents is 3. The Morgan fingerprint density at radius 3 is 1.67 bits per heavy atom. The van der Waals surface area contributed by atoms with Crippen molar-refractivity contribution < 1.29 is 48.1 Å². The van der Waals surface area contributed by atoms with Crippen LogP contribution in [0.4, 0.5) is 17.1 Å². The maximum Gasteiger partial charge on any atom is 0.338 e. The minimum atomic E-state index is -1.54. The number of aromatic amines is 1. The van der Waals surface area contributed by atoms with Gasteiger partial charge in [0.05, 0.1) is 44.1 Å². The number of non-ortho nitro benzene ring substituents is 3. The minimum absolute atomic E-state index is 0.0543. The van der Waals surface area contributed by atoms with Crippen molar-refractivity contribution in [3.05, 3.63) is 137 Å². The van der Waals surface area contributed by atoms with Crippen molar-refractivity contribution >= 4 is 58.4 Å². The molecular weight excluding hydrogens is 710 g/mol. The fraction of sp³-hybridized carbons (Fsp3) is 0.161. The molecule has 2 aromatic heterocycles. The van der Waals surface area contributed by atoms with Crippen LogP contribution in [-0.4, -0.2) is 77.1 Å². The Bertz CT molecular complexity index is 2280. The van der Waals surface area contributed by atoms with Crippen LogP contribution in [0.5, 0.6) is 0 Å². The minimum Gasteiger partial charge on any atom is -0.459 e. The average Bonchev–Trinajstić information content (AvgIpc) is 3.72. The number of H-pyrrole nitrogens is 1. The third kappa shape index (κ3) is 7.15. The molecule has 3 aromatic carbocycles. The number of nitrogens with zero attached hydrogens (tertiary/aromatic N) is 6. The van der Waals surface area contributed by atoms with Gasteiger partial charge in [0.2, 0.25) is 0 Å². The van der Waals surface area contributed by atoms with Gasteiger partial charge in [-0.25, -0.2) is 24.4 Å². The van der Waals surface area contributed by atoms with Crippen LogP contribution < -0.4 is 0 Å². The van der Waals surface area contributed by atoms with E-state index in [0.717, 1.165) is 60.7 Å². The second-order valence-electron chi connectivity index (χ2n) is 10.9.